The van der Waals surface area contributed by atoms with Crippen LogP contribution in [0, 0.1) is 5.92 Å². The first-order valence-electron chi connectivity index (χ1n) is 9.15. The van der Waals surface area contributed by atoms with E-state index in [2.05, 4.69) is 18.8 Å². The fourth-order valence-corrected chi connectivity index (χ4v) is 3.44. The van der Waals surface area contributed by atoms with Gasteiger partial charge in [0.1, 0.15) is 0 Å². The number of para-hydroxylation sites is 1. The zero-order chi connectivity index (χ0) is 20.1. The van der Waals surface area contributed by atoms with Crippen LogP contribution in [0.1, 0.15) is 42.5 Å². The first-order valence-corrected chi connectivity index (χ1v) is 10.0. The molecule has 0 amide bonds. The van der Waals surface area contributed by atoms with E-state index in [0.717, 1.165) is 10.5 Å². The maximum Gasteiger partial charge on any atom is 0.357 e. The number of methoxy groups -OCH3 is 1. The smallest absolute Gasteiger partial charge is 0.357 e. The molecule has 6 nitrogen and oxygen atoms in total. The van der Waals surface area contributed by atoms with Crippen LogP contribution in [-0.4, -0.2) is 35.7 Å². The van der Waals surface area contributed by atoms with Gasteiger partial charge < -0.3 is 14.2 Å². The highest BCUT2D eigenvalue weighted by atomic mass is 32.1. The number of esters is 1. The third-order valence-electron chi connectivity index (χ3n) is 3.97. The summed E-state index contributed by atoms with van der Waals surface area (Å²) in [5.74, 6) is 1.33. The molecule has 0 spiro atoms. The summed E-state index contributed by atoms with van der Waals surface area (Å²) in [7, 11) is 1.62. The predicted octanol–water partition coefficient (Wildman–Crippen LogP) is 4.79. The summed E-state index contributed by atoms with van der Waals surface area (Å²) in [4.78, 5) is 17.7. The number of ether oxygens (including phenoxy) is 3. The minimum Gasteiger partial charge on any atom is -0.493 e. The van der Waals surface area contributed by atoms with Gasteiger partial charge in [0.05, 0.1) is 26.0 Å². The molecule has 0 bridgehead atoms. The Bertz CT molecular complexity index is 988. The van der Waals surface area contributed by atoms with E-state index in [0.29, 0.717) is 42.0 Å². The minimum absolute atomic E-state index is 0.308. The molecule has 2 heterocycles. The molecule has 0 unspecified atom stereocenters. The number of rotatable bonds is 8. The number of thiazole rings is 1. The Morgan fingerprint density at radius 1 is 1.32 bits per heavy atom. The average Bonchev–Trinajstić information content (AvgIpc) is 3.25. The molecular weight excluding hydrogens is 376 g/mol. The molecule has 3 rings (SSSR count). The van der Waals surface area contributed by atoms with E-state index in [1.807, 2.05) is 41.9 Å². The molecule has 148 valence electrons. The highest BCUT2D eigenvalue weighted by Gasteiger charge is 2.20. The molecule has 2 aromatic heterocycles. The standard InChI is InChI=1S/C21H24N2O4S/c1-5-26-20(24)18-16(22-21-23(18)11-12-28-21)10-9-15-7-6-8-17(25-4)19(15)27-13-14(2)3/h6-12,14H,5,13H2,1-4H3/b10-9+. The normalized spacial score (nSPS) is 11.5. The molecular formula is C21H24N2O4S. The molecule has 0 N–H and O–H groups in total. The summed E-state index contributed by atoms with van der Waals surface area (Å²) in [6, 6.07) is 5.71. The van der Waals surface area contributed by atoms with Crippen molar-refractivity contribution in [1.29, 1.82) is 0 Å². The molecule has 0 fully saturated rings. The van der Waals surface area contributed by atoms with E-state index in [1.54, 1.807) is 18.4 Å². The summed E-state index contributed by atoms with van der Waals surface area (Å²) in [5.41, 5.74) is 1.83. The fourth-order valence-electron chi connectivity index (χ4n) is 2.72. The number of hydrogen-bond donors (Lipinski definition) is 0. The Balaban J connectivity index is 1.99. The van der Waals surface area contributed by atoms with Gasteiger partial charge in [-0.15, -0.1) is 11.3 Å². The zero-order valence-electron chi connectivity index (χ0n) is 16.5. The highest BCUT2D eigenvalue weighted by Crippen LogP contribution is 2.33. The number of hydrogen-bond acceptors (Lipinski definition) is 6. The van der Waals surface area contributed by atoms with Crippen LogP contribution in [0.25, 0.3) is 17.1 Å². The quantitative estimate of drug-likeness (QED) is 0.509. The molecule has 7 heteroatoms. The number of benzene rings is 1. The summed E-state index contributed by atoms with van der Waals surface area (Å²) < 4.78 is 18.4. The van der Waals surface area contributed by atoms with Crippen LogP contribution in [0.3, 0.4) is 0 Å². The second kappa shape index (κ2) is 8.93. The van der Waals surface area contributed by atoms with Crippen molar-refractivity contribution in [2.24, 2.45) is 5.92 Å². The minimum atomic E-state index is -0.394. The Hall–Kier alpha value is -2.80. The lowest BCUT2D eigenvalue weighted by molar-refractivity contribution is 0.0518. The van der Waals surface area contributed by atoms with Gasteiger partial charge in [-0.25, -0.2) is 9.78 Å². The van der Waals surface area contributed by atoms with Gasteiger partial charge in [0.2, 0.25) is 0 Å². The molecule has 0 aliphatic carbocycles. The van der Waals surface area contributed by atoms with E-state index >= 15 is 0 Å². The van der Waals surface area contributed by atoms with Crippen LogP contribution in [0.2, 0.25) is 0 Å². The molecule has 0 radical (unpaired) electrons. The van der Waals surface area contributed by atoms with Crippen molar-refractivity contribution in [1.82, 2.24) is 9.38 Å². The van der Waals surface area contributed by atoms with E-state index in [1.165, 1.54) is 11.3 Å². The van der Waals surface area contributed by atoms with Crippen molar-refractivity contribution in [3.63, 3.8) is 0 Å². The van der Waals surface area contributed by atoms with Gasteiger partial charge in [-0.05, 0) is 31.1 Å². The first kappa shape index (κ1) is 19.9. The van der Waals surface area contributed by atoms with Crippen molar-refractivity contribution >= 4 is 34.4 Å². The number of nitrogens with zero attached hydrogens (tertiary/aromatic N) is 2. The molecule has 0 aliphatic rings. The fraction of sp³-hybridized carbons (Fsp3) is 0.333. The molecule has 0 saturated heterocycles. The third kappa shape index (κ3) is 4.20. The second-order valence-electron chi connectivity index (χ2n) is 6.54. The maximum atomic E-state index is 12.4. The van der Waals surface area contributed by atoms with Gasteiger partial charge >= 0.3 is 5.97 Å². The van der Waals surface area contributed by atoms with Crippen molar-refractivity contribution in [3.8, 4) is 11.5 Å². The van der Waals surface area contributed by atoms with Gasteiger partial charge in [-0.1, -0.05) is 26.0 Å². The third-order valence-corrected chi connectivity index (χ3v) is 4.73. The van der Waals surface area contributed by atoms with E-state index in [-0.39, 0.29) is 0 Å². The SMILES string of the molecule is CCOC(=O)c1c(/C=C/c2cccc(OC)c2OCC(C)C)nc2sccn12. The number of carbonyl (C=O) groups is 1. The molecule has 0 aliphatic heterocycles. The summed E-state index contributed by atoms with van der Waals surface area (Å²) in [5, 5.41) is 1.89. The summed E-state index contributed by atoms with van der Waals surface area (Å²) >= 11 is 1.47. The number of imidazole rings is 1. The van der Waals surface area contributed by atoms with Crippen molar-refractivity contribution in [2.45, 2.75) is 20.8 Å². The van der Waals surface area contributed by atoms with Crippen molar-refractivity contribution in [3.05, 3.63) is 46.7 Å². The predicted molar refractivity (Wildman–Crippen MR) is 111 cm³/mol. The molecule has 0 atom stereocenters. The van der Waals surface area contributed by atoms with Gasteiger partial charge in [-0.3, -0.25) is 4.40 Å². The summed E-state index contributed by atoms with van der Waals surface area (Å²) in [6.45, 7) is 6.86. The topological polar surface area (TPSA) is 62.1 Å². The summed E-state index contributed by atoms with van der Waals surface area (Å²) in [6.07, 6.45) is 5.51. The van der Waals surface area contributed by atoms with Gasteiger partial charge in [0.15, 0.2) is 22.2 Å². The first-order chi connectivity index (χ1) is 13.5. The molecule has 3 aromatic rings. The van der Waals surface area contributed by atoms with Crippen LogP contribution >= 0.6 is 11.3 Å². The van der Waals surface area contributed by atoms with Crippen molar-refractivity contribution < 1.29 is 19.0 Å². The van der Waals surface area contributed by atoms with Crippen molar-refractivity contribution in [2.75, 3.05) is 20.3 Å². The lowest BCUT2D eigenvalue weighted by Gasteiger charge is -2.14. The maximum absolute atomic E-state index is 12.4. The Morgan fingerprint density at radius 2 is 2.14 bits per heavy atom. The number of aromatic nitrogens is 2. The van der Waals surface area contributed by atoms with E-state index in [4.69, 9.17) is 14.2 Å². The van der Waals surface area contributed by atoms with Crippen LogP contribution in [0.4, 0.5) is 0 Å². The van der Waals surface area contributed by atoms with E-state index < -0.39 is 5.97 Å². The number of carbonyl (C=O) groups excluding carboxylic acids is 1. The largest absolute Gasteiger partial charge is 0.493 e. The van der Waals surface area contributed by atoms with E-state index in [9.17, 15) is 4.79 Å². The Morgan fingerprint density at radius 3 is 2.86 bits per heavy atom. The zero-order valence-corrected chi connectivity index (χ0v) is 17.3. The Labute approximate surface area is 168 Å². The van der Waals surface area contributed by atoms with Crippen LogP contribution in [0.15, 0.2) is 29.8 Å². The van der Waals surface area contributed by atoms with Crippen LogP contribution < -0.4 is 9.47 Å². The highest BCUT2D eigenvalue weighted by molar-refractivity contribution is 7.15. The van der Waals surface area contributed by atoms with Gasteiger partial charge in [0, 0.05) is 17.1 Å². The second-order valence-corrected chi connectivity index (χ2v) is 7.41. The van der Waals surface area contributed by atoms with Crippen LogP contribution in [0.5, 0.6) is 11.5 Å². The lowest BCUT2D eigenvalue weighted by atomic mass is 10.1. The van der Waals surface area contributed by atoms with Gasteiger partial charge in [-0.2, -0.15) is 0 Å². The van der Waals surface area contributed by atoms with Gasteiger partial charge in [0.25, 0.3) is 0 Å². The Kier molecular flexibility index (Phi) is 6.36. The van der Waals surface area contributed by atoms with Crippen LogP contribution in [-0.2, 0) is 4.74 Å². The lowest BCUT2D eigenvalue weighted by Crippen LogP contribution is -2.09. The monoisotopic (exact) mass is 400 g/mol. The number of fused-ring (bicyclic) bond motifs is 1. The average molecular weight is 401 g/mol. The molecule has 28 heavy (non-hydrogen) atoms. The molecule has 0 saturated carbocycles. The molecule has 1 aromatic carbocycles.